The lowest BCUT2D eigenvalue weighted by atomic mass is 10.2. The van der Waals surface area contributed by atoms with Crippen LogP contribution in [0.2, 0.25) is 0 Å². The lowest BCUT2D eigenvalue weighted by Gasteiger charge is -2.07. The number of aromatic nitrogens is 6. The molecule has 0 atom stereocenters. The molecule has 0 radical (unpaired) electrons. The third-order valence-electron chi connectivity index (χ3n) is 3.88. The molecule has 1 aromatic carbocycles. The van der Waals surface area contributed by atoms with Gasteiger partial charge in [0.2, 0.25) is 11.7 Å². The topological polar surface area (TPSA) is 90.5 Å². The molecule has 2 aromatic heterocycles. The van der Waals surface area contributed by atoms with E-state index in [1.54, 1.807) is 0 Å². The second-order valence-corrected chi connectivity index (χ2v) is 5.81. The van der Waals surface area contributed by atoms with Gasteiger partial charge in [-0.25, -0.2) is 4.98 Å². The van der Waals surface area contributed by atoms with Crippen LogP contribution < -0.4 is 5.32 Å². The van der Waals surface area contributed by atoms with Crippen molar-refractivity contribution in [1.29, 1.82) is 0 Å². The van der Waals surface area contributed by atoms with Gasteiger partial charge in [-0.3, -0.25) is 9.36 Å². The minimum absolute atomic E-state index is 0.159. The highest BCUT2D eigenvalue weighted by Gasteiger charge is 2.11. The maximum atomic E-state index is 12.7. The average Bonchev–Trinajstić information content (AvgIpc) is 3.32. The number of carbonyl (C=O) groups is 1. The molecule has 0 saturated carbocycles. The Morgan fingerprint density at radius 2 is 2.04 bits per heavy atom. The Kier molecular flexibility index (Phi) is 6.18. The molecule has 3 rings (SSSR count). The fourth-order valence-electron chi connectivity index (χ4n) is 2.54. The first-order valence-electron chi connectivity index (χ1n) is 8.53. The van der Waals surface area contributed by atoms with Crippen LogP contribution in [0.15, 0.2) is 42.7 Å². The number of nitrogens with one attached hydrogen (secondary N) is 1. The molecule has 0 bridgehead atoms. The van der Waals surface area contributed by atoms with Gasteiger partial charge >= 0.3 is 6.55 Å². The van der Waals surface area contributed by atoms with Gasteiger partial charge in [-0.05, 0) is 11.6 Å². The number of carbonyl (C=O) groups excluding carboxylic acids is 1. The Hall–Kier alpha value is -3.17. The zero-order valence-corrected chi connectivity index (χ0v) is 14.5. The highest BCUT2D eigenvalue weighted by Crippen LogP contribution is 2.13. The van der Waals surface area contributed by atoms with Crippen LogP contribution >= 0.6 is 0 Å². The van der Waals surface area contributed by atoms with Crippen molar-refractivity contribution in [2.45, 2.75) is 32.4 Å². The predicted molar refractivity (Wildman–Crippen MR) is 92.7 cm³/mol. The molecular weight excluding hydrogens is 356 g/mol. The van der Waals surface area contributed by atoms with E-state index in [2.05, 4.69) is 25.7 Å². The molecule has 10 heteroatoms. The van der Waals surface area contributed by atoms with E-state index in [-0.39, 0.29) is 31.1 Å². The van der Waals surface area contributed by atoms with E-state index < -0.39 is 6.55 Å². The third-order valence-corrected chi connectivity index (χ3v) is 3.88. The molecule has 0 spiro atoms. The number of rotatable bonds is 9. The molecule has 0 saturated heterocycles. The molecule has 2 heterocycles. The van der Waals surface area contributed by atoms with E-state index in [4.69, 9.17) is 0 Å². The molecule has 0 aliphatic rings. The van der Waals surface area contributed by atoms with Gasteiger partial charge in [0.25, 0.3) is 0 Å². The summed E-state index contributed by atoms with van der Waals surface area (Å²) in [5, 5.41) is 15.0. The van der Waals surface area contributed by atoms with Crippen molar-refractivity contribution in [2.24, 2.45) is 0 Å². The number of halogens is 2. The second-order valence-electron chi connectivity index (χ2n) is 5.81. The summed E-state index contributed by atoms with van der Waals surface area (Å²) in [6.45, 7) is -1.92. The summed E-state index contributed by atoms with van der Waals surface area (Å²) in [6, 6.07) is 9.50. The van der Waals surface area contributed by atoms with Crippen molar-refractivity contribution in [3.8, 4) is 11.4 Å². The largest absolute Gasteiger partial charge is 0.356 e. The molecular formula is C17H19F2N7O. The smallest absolute Gasteiger partial charge is 0.319 e. The van der Waals surface area contributed by atoms with E-state index in [9.17, 15) is 13.6 Å². The number of alkyl halides is 2. The maximum Gasteiger partial charge on any atom is 0.319 e. The Morgan fingerprint density at radius 3 is 2.81 bits per heavy atom. The number of tetrazole rings is 1. The fraction of sp³-hybridized carbons (Fsp3) is 0.353. The van der Waals surface area contributed by atoms with Gasteiger partial charge < -0.3 is 5.32 Å². The number of aryl methyl sites for hydroxylation is 1. The molecule has 1 amide bonds. The van der Waals surface area contributed by atoms with E-state index in [0.29, 0.717) is 18.8 Å². The Labute approximate surface area is 154 Å². The van der Waals surface area contributed by atoms with Gasteiger partial charge in [-0.1, -0.05) is 30.3 Å². The zero-order chi connectivity index (χ0) is 19.1. The number of hydrogen-bond acceptors (Lipinski definition) is 5. The Balaban J connectivity index is 1.37. The van der Waals surface area contributed by atoms with Crippen LogP contribution in [-0.2, 0) is 17.8 Å². The highest BCUT2D eigenvalue weighted by molar-refractivity contribution is 5.75. The summed E-state index contributed by atoms with van der Waals surface area (Å²) in [5.74, 6) is 0.619. The number of benzene rings is 1. The number of hydrogen-bond donors (Lipinski definition) is 1. The number of amides is 1. The SMILES string of the molecule is O=C(CCCn1nnc(-c2ccccc2)n1)NCCc1nccn1C(F)F. The highest BCUT2D eigenvalue weighted by atomic mass is 19.3. The minimum atomic E-state index is -2.63. The molecule has 0 aliphatic carbocycles. The van der Waals surface area contributed by atoms with Crippen LogP contribution in [0.3, 0.4) is 0 Å². The lowest BCUT2D eigenvalue weighted by molar-refractivity contribution is -0.121. The summed E-state index contributed by atoms with van der Waals surface area (Å²) in [4.78, 5) is 17.2. The standard InChI is InChI=1S/C17H19F2N7O/c18-17(19)25-12-10-20-14(25)8-9-21-15(27)7-4-11-26-23-16(22-24-26)13-5-2-1-3-6-13/h1-3,5-6,10,12,17H,4,7-9,11H2,(H,21,27). The average molecular weight is 375 g/mol. The van der Waals surface area contributed by atoms with Crippen molar-refractivity contribution < 1.29 is 13.6 Å². The quantitative estimate of drug-likeness (QED) is 0.618. The zero-order valence-electron chi connectivity index (χ0n) is 14.5. The van der Waals surface area contributed by atoms with Crippen molar-refractivity contribution in [3.05, 3.63) is 48.5 Å². The van der Waals surface area contributed by atoms with Gasteiger partial charge in [-0.15, -0.1) is 10.2 Å². The van der Waals surface area contributed by atoms with Crippen molar-refractivity contribution in [3.63, 3.8) is 0 Å². The monoisotopic (exact) mass is 375 g/mol. The molecule has 3 aromatic rings. The van der Waals surface area contributed by atoms with Crippen LogP contribution in [-0.4, -0.2) is 42.2 Å². The van der Waals surface area contributed by atoms with Gasteiger partial charge in [0.15, 0.2) is 0 Å². The van der Waals surface area contributed by atoms with Crippen LogP contribution in [0.1, 0.15) is 25.2 Å². The van der Waals surface area contributed by atoms with E-state index >= 15 is 0 Å². The van der Waals surface area contributed by atoms with Gasteiger partial charge in [0, 0.05) is 37.3 Å². The molecule has 0 unspecified atom stereocenters. The molecule has 0 aliphatic heterocycles. The third kappa shape index (κ3) is 5.16. The van der Waals surface area contributed by atoms with E-state index in [1.807, 2.05) is 30.3 Å². The molecule has 1 N–H and O–H groups in total. The fourth-order valence-corrected chi connectivity index (χ4v) is 2.54. The van der Waals surface area contributed by atoms with Crippen LogP contribution in [0.5, 0.6) is 0 Å². The van der Waals surface area contributed by atoms with E-state index in [0.717, 1.165) is 10.1 Å². The van der Waals surface area contributed by atoms with Crippen molar-refractivity contribution >= 4 is 5.91 Å². The van der Waals surface area contributed by atoms with Crippen LogP contribution in [0.25, 0.3) is 11.4 Å². The first-order valence-corrected chi connectivity index (χ1v) is 8.53. The van der Waals surface area contributed by atoms with Crippen LogP contribution in [0, 0.1) is 0 Å². The summed E-state index contributed by atoms with van der Waals surface area (Å²) in [6.07, 6.45) is 3.61. The predicted octanol–water partition coefficient (Wildman–Crippen LogP) is 2.07. The summed E-state index contributed by atoms with van der Waals surface area (Å²) >= 11 is 0. The molecule has 8 nitrogen and oxygen atoms in total. The number of imidazole rings is 1. The van der Waals surface area contributed by atoms with Gasteiger partial charge in [-0.2, -0.15) is 13.6 Å². The normalized spacial score (nSPS) is 11.1. The molecule has 142 valence electrons. The van der Waals surface area contributed by atoms with Crippen molar-refractivity contribution in [2.75, 3.05) is 6.54 Å². The minimum Gasteiger partial charge on any atom is -0.356 e. The Bertz CT molecular complexity index is 863. The molecule has 27 heavy (non-hydrogen) atoms. The summed E-state index contributed by atoms with van der Waals surface area (Å²) in [7, 11) is 0. The maximum absolute atomic E-state index is 12.7. The Morgan fingerprint density at radius 1 is 1.22 bits per heavy atom. The summed E-state index contributed by atoms with van der Waals surface area (Å²) in [5.41, 5.74) is 0.878. The van der Waals surface area contributed by atoms with Crippen molar-refractivity contribution in [1.82, 2.24) is 35.1 Å². The summed E-state index contributed by atoms with van der Waals surface area (Å²) < 4.78 is 26.2. The van der Waals surface area contributed by atoms with E-state index in [1.165, 1.54) is 17.2 Å². The second kappa shape index (κ2) is 8.97. The van der Waals surface area contributed by atoms with Gasteiger partial charge in [0.1, 0.15) is 5.82 Å². The molecule has 0 fully saturated rings. The van der Waals surface area contributed by atoms with Crippen LogP contribution in [0.4, 0.5) is 8.78 Å². The number of nitrogens with zero attached hydrogens (tertiary/aromatic N) is 6. The van der Waals surface area contributed by atoms with Gasteiger partial charge in [0.05, 0.1) is 6.54 Å². The first kappa shape index (κ1) is 18.6. The first-order chi connectivity index (χ1) is 13.1. The lowest BCUT2D eigenvalue weighted by Crippen LogP contribution is -2.26.